The number of hydrogen-bond donors (Lipinski definition) is 0. The van der Waals surface area contributed by atoms with E-state index in [2.05, 4.69) is 10.1 Å². The van der Waals surface area contributed by atoms with Crippen LogP contribution in [0, 0.1) is 0 Å². The van der Waals surface area contributed by atoms with E-state index >= 15 is 0 Å². The summed E-state index contributed by atoms with van der Waals surface area (Å²) in [6.45, 7) is 1.82. The number of alkyl halides is 3. The zero-order valence-corrected chi connectivity index (χ0v) is 13.5. The highest BCUT2D eigenvalue weighted by molar-refractivity contribution is 5.87. The molecule has 26 heavy (non-hydrogen) atoms. The zero-order valence-electron chi connectivity index (χ0n) is 13.5. The third kappa shape index (κ3) is 3.93. The molecule has 6 nitrogen and oxygen atoms in total. The third-order valence-corrected chi connectivity index (χ3v) is 3.38. The van der Waals surface area contributed by atoms with E-state index in [1.54, 1.807) is 19.1 Å². The minimum atomic E-state index is -4.52. The number of nitrogens with zero attached hydrogens (tertiary/aromatic N) is 2. The molecule has 0 aliphatic rings. The van der Waals surface area contributed by atoms with Gasteiger partial charge in [0, 0.05) is 17.5 Å². The first-order valence-corrected chi connectivity index (χ1v) is 7.60. The first kappa shape index (κ1) is 17.7. The smallest absolute Gasteiger partial charge is 0.433 e. The summed E-state index contributed by atoms with van der Waals surface area (Å²) in [6, 6.07) is 8.24. The van der Waals surface area contributed by atoms with Crippen molar-refractivity contribution in [3.63, 3.8) is 0 Å². The van der Waals surface area contributed by atoms with E-state index < -0.39 is 17.8 Å². The predicted molar refractivity (Wildman–Crippen MR) is 83.5 cm³/mol. The molecule has 9 heteroatoms. The summed E-state index contributed by atoms with van der Waals surface area (Å²) in [4.78, 5) is 15.1. The Morgan fingerprint density at radius 1 is 1.19 bits per heavy atom. The summed E-state index contributed by atoms with van der Waals surface area (Å²) in [7, 11) is 0. The maximum atomic E-state index is 12.8. The van der Waals surface area contributed by atoms with Gasteiger partial charge in [-0.15, -0.1) is 0 Å². The van der Waals surface area contributed by atoms with Crippen LogP contribution in [0.25, 0.3) is 10.9 Å². The third-order valence-electron chi connectivity index (χ3n) is 3.38. The Labute approximate surface area is 145 Å². The number of benzene rings is 1. The van der Waals surface area contributed by atoms with Gasteiger partial charge in [-0.25, -0.2) is 9.78 Å². The fourth-order valence-electron chi connectivity index (χ4n) is 2.18. The van der Waals surface area contributed by atoms with E-state index in [1.165, 1.54) is 18.2 Å². The lowest BCUT2D eigenvalue weighted by Gasteiger charge is -2.08. The summed E-state index contributed by atoms with van der Waals surface area (Å²) in [5.74, 6) is -0.0411. The maximum absolute atomic E-state index is 12.8. The van der Waals surface area contributed by atoms with Gasteiger partial charge in [-0.05, 0) is 25.1 Å². The van der Waals surface area contributed by atoms with Crippen LogP contribution in [0.4, 0.5) is 13.2 Å². The average Bonchev–Trinajstić information content (AvgIpc) is 3.08. The number of ether oxygens (including phenoxy) is 2. The van der Waals surface area contributed by atoms with Crippen molar-refractivity contribution in [3.8, 4) is 5.75 Å². The summed E-state index contributed by atoms with van der Waals surface area (Å²) in [6.07, 6.45) is -4.52. The van der Waals surface area contributed by atoms with Crippen molar-refractivity contribution >= 4 is 16.9 Å². The zero-order chi connectivity index (χ0) is 18.7. The Bertz CT molecular complexity index is 937. The van der Waals surface area contributed by atoms with Crippen LogP contribution in [0.2, 0.25) is 0 Å². The van der Waals surface area contributed by atoms with Crippen molar-refractivity contribution in [1.82, 2.24) is 10.1 Å². The number of hydrogen-bond acceptors (Lipinski definition) is 6. The van der Waals surface area contributed by atoms with Crippen LogP contribution >= 0.6 is 0 Å². The van der Waals surface area contributed by atoms with E-state index in [-0.39, 0.29) is 30.2 Å². The van der Waals surface area contributed by atoms with Crippen molar-refractivity contribution in [2.24, 2.45) is 0 Å². The lowest BCUT2D eigenvalue weighted by atomic mass is 10.2. The van der Waals surface area contributed by atoms with Crippen molar-refractivity contribution in [1.29, 1.82) is 0 Å². The SMILES string of the molecule is CCOC(=O)c1cc(COc2ccc3ccc(C(F)(F)F)nc3c2)on1. The van der Waals surface area contributed by atoms with Gasteiger partial charge >= 0.3 is 12.1 Å². The number of halogens is 3. The summed E-state index contributed by atoms with van der Waals surface area (Å²) in [5.41, 5.74) is -0.806. The quantitative estimate of drug-likeness (QED) is 0.636. The van der Waals surface area contributed by atoms with E-state index in [4.69, 9.17) is 14.0 Å². The number of carbonyl (C=O) groups is 1. The maximum Gasteiger partial charge on any atom is 0.433 e. The van der Waals surface area contributed by atoms with Crippen LogP contribution in [0.3, 0.4) is 0 Å². The standard InChI is InChI=1S/C17H13F3N2O4/c1-2-24-16(23)14-8-12(26-22-14)9-25-11-5-3-10-4-6-15(17(18,19)20)21-13(10)7-11/h3-8H,2,9H2,1H3. The molecule has 0 N–H and O–H groups in total. The molecular weight excluding hydrogens is 353 g/mol. The number of aromatic nitrogens is 2. The summed E-state index contributed by atoms with van der Waals surface area (Å²) < 4.78 is 53.5. The van der Waals surface area contributed by atoms with Gasteiger partial charge in [0.25, 0.3) is 0 Å². The summed E-state index contributed by atoms with van der Waals surface area (Å²) in [5, 5.41) is 4.12. The average molecular weight is 366 g/mol. The first-order chi connectivity index (χ1) is 12.4. The van der Waals surface area contributed by atoms with Gasteiger partial charge in [0.1, 0.15) is 18.1 Å². The molecule has 3 rings (SSSR count). The molecule has 0 radical (unpaired) electrons. The Balaban J connectivity index is 1.74. The second-order valence-corrected chi connectivity index (χ2v) is 5.24. The molecular formula is C17H13F3N2O4. The predicted octanol–water partition coefficient (Wildman–Crippen LogP) is 4.00. The topological polar surface area (TPSA) is 74.5 Å². The largest absolute Gasteiger partial charge is 0.485 e. The van der Waals surface area contributed by atoms with Crippen LogP contribution in [0.15, 0.2) is 40.9 Å². The molecule has 3 aromatic rings. The highest BCUT2D eigenvalue weighted by Crippen LogP contribution is 2.30. The second kappa shape index (κ2) is 7.03. The highest BCUT2D eigenvalue weighted by atomic mass is 19.4. The van der Waals surface area contributed by atoms with E-state index in [1.807, 2.05) is 0 Å². The van der Waals surface area contributed by atoms with E-state index in [0.29, 0.717) is 11.1 Å². The fourth-order valence-corrected chi connectivity index (χ4v) is 2.18. The molecule has 1 aromatic carbocycles. The molecule has 0 atom stereocenters. The number of pyridine rings is 1. The number of fused-ring (bicyclic) bond motifs is 1. The molecule has 0 aliphatic carbocycles. The molecule has 0 amide bonds. The number of esters is 1. The number of carbonyl (C=O) groups excluding carboxylic acids is 1. The minimum Gasteiger partial charge on any atom is -0.485 e. The molecule has 2 aromatic heterocycles. The van der Waals surface area contributed by atoms with Gasteiger partial charge in [0.05, 0.1) is 12.1 Å². The van der Waals surface area contributed by atoms with Crippen LogP contribution in [0.5, 0.6) is 5.75 Å². The number of rotatable bonds is 5. The van der Waals surface area contributed by atoms with Gasteiger partial charge in [-0.3, -0.25) is 0 Å². The van der Waals surface area contributed by atoms with Crippen molar-refractivity contribution in [2.75, 3.05) is 6.61 Å². The van der Waals surface area contributed by atoms with Gasteiger partial charge in [-0.1, -0.05) is 11.2 Å². The van der Waals surface area contributed by atoms with Gasteiger partial charge in [0.15, 0.2) is 11.5 Å². The molecule has 0 unspecified atom stereocenters. The van der Waals surface area contributed by atoms with Crippen LogP contribution in [0.1, 0.15) is 28.9 Å². The Kier molecular flexibility index (Phi) is 4.79. The summed E-state index contributed by atoms with van der Waals surface area (Å²) >= 11 is 0. The van der Waals surface area contributed by atoms with E-state index in [0.717, 1.165) is 6.07 Å². The van der Waals surface area contributed by atoms with Crippen LogP contribution in [-0.4, -0.2) is 22.7 Å². The Morgan fingerprint density at radius 2 is 1.96 bits per heavy atom. The second-order valence-electron chi connectivity index (χ2n) is 5.24. The molecule has 0 aliphatic heterocycles. The van der Waals surface area contributed by atoms with Gasteiger partial charge in [0.2, 0.25) is 0 Å². The van der Waals surface area contributed by atoms with Gasteiger partial charge < -0.3 is 14.0 Å². The molecule has 0 saturated carbocycles. The van der Waals surface area contributed by atoms with E-state index in [9.17, 15) is 18.0 Å². The highest BCUT2D eigenvalue weighted by Gasteiger charge is 2.32. The Morgan fingerprint density at radius 3 is 2.69 bits per heavy atom. The fraction of sp³-hybridized carbons (Fsp3) is 0.235. The molecule has 0 spiro atoms. The lowest BCUT2D eigenvalue weighted by Crippen LogP contribution is -2.07. The van der Waals surface area contributed by atoms with Crippen molar-refractivity contribution in [2.45, 2.75) is 19.7 Å². The first-order valence-electron chi connectivity index (χ1n) is 7.60. The lowest BCUT2D eigenvalue weighted by molar-refractivity contribution is -0.140. The molecule has 0 saturated heterocycles. The van der Waals surface area contributed by atoms with Crippen LogP contribution in [-0.2, 0) is 17.5 Å². The molecule has 136 valence electrons. The van der Waals surface area contributed by atoms with Crippen molar-refractivity contribution < 1.29 is 32.0 Å². The monoisotopic (exact) mass is 366 g/mol. The Hall–Kier alpha value is -3.10. The van der Waals surface area contributed by atoms with Gasteiger partial charge in [-0.2, -0.15) is 13.2 Å². The van der Waals surface area contributed by atoms with Crippen LogP contribution < -0.4 is 4.74 Å². The molecule has 0 fully saturated rings. The molecule has 0 bridgehead atoms. The molecule has 2 heterocycles. The normalized spacial score (nSPS) is 11.5. The van der Waals surface area contributed by atoms with Crippen molar-refractivity contribution in [3.05, 3.63) is 53.5 Å². The minimum absolute atomic E-state index is 0.0143.